The summed E-state index contributed by atoms with van der Waals surface area (Å²) in [7, 11) is 0. The van der Waals surface area contributed by atoms with Crippen LogP contribution < -0.4 is 5.01 Å². The number of tetrazole rings is 1. The van der Waals surface area contributed by atoms with E-state index in [0.29, 0.717) is 28.4 Å². The molecule has 5 rings (SSSR count). The molecule has 168 valence electrons. The summed E-state index contributed by atoms with van der Waals surface area (Å²) >= 11 is 0. The molecule has 1 unspecified atom stereocenters. The van der Waals surface area contributed by atoms with E-state index in [1.54, 1.807) is 31.2 Å². The number of azo groups is 1. The third-order valence-corrected chi connectivity index (χ3v) is 5.22. The Balaban J connectivity index is 1.42. The molecule has 0 spiro atoms. The van der Waals surface area contributed by atoms with E-state index in [-0.39, 0.29) is 11.4 Å². The first kappa shape index (κ1) is 21.1. The summed E-state index contributed by atoms with van der Waals surface area (Å²) < 4.78 is 13.6. The second kappa shape index (κ2) is 8.62. The van der Waals surface area contributed by atoms with Crippen molar-refractivity contribution in [1.29, 1.82) is 0 Å². The van der Waals surface area contributed by atoms with Gasteiger partial charge in [0, 0.05) is 11.1 Å². The minimum Gasteiger partial charge on any atom is -0.505 e. The molecular weight excluding hydrogens is 439 g/mol. The molecule has 1 aromatic heterocycles. The molecule has 0 bridgehead atoms. The number of rotatable bonds is 5. The maximum absolute atomic E-state index is 13.6. The number of aromatic nitrogens is 4. The molecule has 11 heteroatoms. The summed E-state index contributed by atoms with van der Waals surface area (Å²) in [5.41, 5.74) is 2.84. The fourth-order valence-electron chi connectivity index (χ4n) is 3.56. The lowest BCUT2D eigenvalue weighted by Crippen LogP contribution is -2.29. The van der Waals surface area contributed by atoms with Crippen molar-refractivity contribution in [1.82, 2.24) is 20.6 Å². The van der Waals surface area contributed by atoms with Crippen molar-refractivity contribution >= 4 is 23.0 Å². The van der Waals surface area contributed by atoms with Crippen LogP contribution in [-0.2, 0) is 4.79 Å². The molecule has 0 aliphatic carbocycles. The first-order valence-corrected chi connectivity index (χ1v) is 10.2. The van der Waals surface area contributed by atoms with Crippen LogP contribution in [0.3, 0.4) is 0 Å². The van der Waals surface area contributed by atoms with Gasteiger partial charge in [0.2, 0.25) is 5.82 Å². The Morgan fingerprint density at radius 2 is 1.85 bits per heavy atom. The molecule has 2 heterocycles. The van der Waals surface area contributed by atoms with Gasteiger partial charge in [-0.1, -0.05) is 36.4 Å². The number of carbonyl (C=O) groups is 1. The molecule has 2 N–H and O–H groups in total. The van der Waals surface area contributed by atoms with E-state index >= 15 is 0 Å². The van der Waals surface area contributed by atoms with Crippen molar-refractivity contribution in [2.24, 2.45) is 15.3 Å². The van der Waals surface area contributed by atoms with Crippen LogP contribution in [0.15, 0.2) is 82.1 Å². The summed E-state index contributed by atoms with van der Waals surface area (Å²) in [6.45, 7) is 1.64. The lowest BCUT2D eigenvalue weighted by Gasteiger charge is -2.12. The monoisotopic (exact) mass is 456 g/mol. The normalized spacial score (nSPS) is 15.8. The summed E-state index contributed by atoms with van der Waals surface area (Å²) in [5, 5.41) is 38.3. The maximum Gasteiger partial charge on any atom is 0.280 e. The Morgan fingerprint density at radius 3 is 2.65 bits per heavy atom. The van der Waals surface area contributed by atoms with Gasteiger partial charge in [0.25, 0.3) is 5.91 Å². The van der Waals surface area contributed by atoms with Crippen LogP contribution in [0.5, 0.6) is 5.75 Å². The highest BCUT2D eigenvalue weighted by Gasteiger charge is 2.35. The average molecular weight is 456 g/mol. The fourth-order valence-corrected chi connectivity index (χ4v) is 3.56. The fraction of sp³-hybridized carbons (Fsp3) is 0.0870. The van der Waals surface area contributed by atoms with Crippen molar-refractivity contribution in [3.8, 4) is 28.3 Å². The summed E-state index contributed by atoms with van der Waals surface area (Å²) in [5.74, 6) is -0.614. The van der Waals surface area contributed by atoms with E-state index in [0.717, 1.165) is 10.6 Å². The molecular formula is C23H17FN8O2. The van der Waals surface area contributed by atoms with E-state index < -0.39 is 17.8 Å². The summed E-state index contributed by atoms with van der Waals surface area (Å²) in [6, 6.07) is 16.9. The number of amides is 1. The first-order chi connectivity index (χ1) is 16.5. The number of nitrogens with one attached hydrogen (secondary N) is 1. The predicted octanol–water partition coefficient (Wildman–Crippen LogP) is 4.25. The number of carbonyl (C=O) groups excluding carboxylic acids is 1. The third-order valence-electron chi connectivity index (χ3n) is 5.22. The van der Waals surface area contributed by atoms with Gasteiger partial charge in [0.15, 0.2) is 11.8 Å². The number of hydrogen-bond acceptors (Lipinski definition) is 8. The number of nitrogens with zero attached hydrogens (tertiary/aromatic N) is 7. The number of para-hydroxylation sites is 1. The summed E-state index contributed by atoms with van der Waals surface area (Å²) in [6.07, 6.45) is 0. The van der Waals surface area contributed by atoms with Crippen molar-refractivity contribution in [3.05, 3.63) is 72.5 Å². The topological polar surface area (TPSA) is 132 Å². The first-order valence-electron chi connectivity index (χ1n) is 10.2. The number of phenols is 1. The number of aromatic hydroxyl groups is 1. The van der Waals surface area contributed by atoms with Crippen LogP contribution in [0.2, 0.25) is 0 Å². The molecule has 10 nitrogen and oxygen atoms in total. The molecule has 0 saturated heterocycles. The zero-order valence-electron chi connectivity index (χ0n) is 17.8. The van der Waals surface area contributed by atoms with Crippen LogP contribution in [0.25, 0.3) is 22.5 Å². The van der Waals surface area contributed by atoms with Crippen LogP contribution in [0.1, 0.15) is 6.92 Å². The second-order valence-electron chi connectivity index (χ2n) is 7.48. The second-order valence-corrected chi connectivity index (χ2v) is 7.48. The lowest BCUT2D eigenvalue weighted by molar-refractivity contribution is -0.117. The zero-order valence-corrected chi connectivity index (χ0v) is 17.8. The molecule has 0 fully saturated rings. The number of aromatic amines is 1. The van der Waals surface area contributed by atoms with Crippen molar-refractivity contribution in [2.75, 3.05) is 5.01 Å². The SMILES string of the molecule is CC1=NN(c2cccc(F)c2)C(=O)C1N=Nc1cccc(-c2cccc(-c3nn[nH]n3)c2)c1O. The molecule has 0 radical (unpaired) electrons. The summed E-state index contributed by atoms with van der Waals surface area (Å²) in [4.78, 5) is 12.8. The van der Waals surface area contributed by atoms with Gasteiger partial charge >= 0.3 is 0 Å². The molecule has 1 amide bonds. The van der Waals surface area contributed by atoms with Crippen LogP contribution in [0, 0.1) is 5.82 Å². The Labute approximate surface area is 192 Å². The van der Waals surface area contributed by atoms with Gasteiger partial charge in [-0.2, -0.15) is 25.6 Å². The quantitative estimate of drug-likeness (QED) is 0.433. The molecule has 1 aliphatic heterocycles. The van der Waals surface area contributed by atoms with Crippen molar-refractivity contribution in [2.45, 2.75) is 13.0 Å². The minimum absolute atomic E-state index is 0.0986. The number of halogens is 1. The van der Waals surface area contributed by atoms with E-state index in [1.807, 2.05) is 24.3 Å². The average Bonchev–Trinajstić information content (AvgIpc) is 3.47. The van der Waals surface area contributed by atoms with Gasteiger partial charge in [-0.25, -0.2) is 4.39 Å². The third kappa shape index (κ3) is 3.90. The highest BCUT2D eigenvalue weighted by atomic mass is 19.1. The van der Waals surface area contributed by atoms with E-state index in [9.17, 15) is 14.3 Å². The molecule has 0 saturated carbocycles. The van der Waals surface area contributed by atoms with Crippen LogP contribution in [0.4, 0.5) is 15.8 Å². The molecule has 1 atom stereocenters. The molecule has 3 aromatic carbocycles. The lowest BCUT2D eigenvalue weighted by atomic mass is 10.0. The minimum atomic E-state index is -0.979. The molecule has 34 heavy (non-hydrogen) atoms. The number of hydrogen-bond donors (Lipinski definition) is 2. The maximum atomic E-state index is 13.6. The number of benzene rings is 3. The Morgan fingerprint density at radius 1 is 1.06 bits per heavy atom. The standard InChI is InChI=1S/C23H17FN8O2/c1-13-20(23(34)32(29-13)17-8-3-7-16(24)12-17)26-25-19-10-4-9-18(21(19)33)14-5-2-6-15(11-14)22-27-30-31-28-22/h2-12,20,33H,1H3,(H,27,28,30,31). The van der Waals surface area contributed by atoms with E-state index in [1.165, 1.54) is 18.2 Å². The van der Waals surface area contributed by atoms with Gasteiger partial charge in [0.1, 0.15) is 11.5 Å². The number of phenolic OH excluding ortho intramolecular Hbond substituents is 1. The van der Waals surface area contributed by atoms with Gasteiger partial charge in [-0.3, -0.25) is 4.79 Å². The Bertz CT molecular complexity index is 1430. The largest absolute Gasteiger partial charge is 0.505 e. The highest BCUT2D eigenvalue weighted by molar-refractivity contribution is 6.18. The Hall–Kier alpha value is -4.80. The van der Waals surface area contributed by atoms with Gasteiger partial charge in [-0.05, 0) is 48.0 Å². The predicted molar refractivity (Wildman–Crippen MR) is 122 cm³/mol. The zero-order chi connectivity index (χ0) is 23.7. The van der Waals surface area contributed by atoms with Gasteiger partial charge in [0.05, 0.1) is 11.4 Å². The van der Waals surface area contributed by atoms with E-state index in [4.69, 9.17) is 0 Å². The Kier molecular flexibility index (Phi) is 5.34. The van der Waals surface area contributed by atoms with Crippen LogP contribution >= 0.6 is 0 Å². The molecule has 1 aliphatic rings. The highest BCUT2D eigenvalue weighted by Crippen LogP contribution is 2.38. The number of H-pyrrole nitrogens is 1. The van der Waals surface area contributed by atoms with Crippen molar-refractivity contribution < 1.29 is 14.3 Å². The van der Waals surface area contributed by atoms with Crippen molar-refractivity contribution in [3.63, 3.8) is 0 Å². The molecule has 4 aromatic rings. The van der Waals surface area contributed by atoms with E-state index in [2.05, 4.69) is 36.0 Å². The smallest absolute Gasteiger partial charge is 0.280 e. The van der Waals surface area contributed by atoms with Gasteiger partial charge < -0.3 is 5.11 Å². The van der Waals surface area contributed by atoms with Crippen LogP contribution in [-0.4, -0.2) is 43.4 Å². The van der Waals surface area contributed by atoms with Gasteiger partial charge in [-0.15, -0.1) is 10.2 Å². The number of hydrazone groups is 1. The number of anilines is 1.